The first-order chi connectivity index (χ1) is 8.60. The van der Waals surface area contributed by atoms with Gasteiger partial charge >= 0.3 is 0 Å². The molecule has 0 saturated heterocycles. The highest BCUT2D eigenvalue weighted by Crippen LogP contribution is 2.37. The van der Waals surface area contributed by atoms with Gasteiger partial charge in [-0.1, -0.05) is 30.9 Å². The number of rotatable bonds is 5. The average Bonchev–Trinajstić information content (AvgIpc) is 2.23. The van der Waals surface area contributed by atoms with Gasteiger partial charge in [-0.15, -0.1) is 0 Å². The third-order valence-electron chi connectivity index (χ3n) is 3.53. The van der Waals surface area contributed by atoms with Crippen LogP contribution in [0.1, 0.15) is 32.6 Å². The number of nitrogens with one attached hydrogen (secondary N) is 1. The Morgan fingerprint density at radius 2 is 2.22 bits per heavy atom. The molecule has 1 N–H and O–H groups in total. The maximum absolute atomic E-state index is 6.08. The molecule has 1 atom stereocenters. The number of hydrogen-bond acceptors (Lipinski definition) is 2. The van der Waals surface area contributed by atoms with Crippen LogP contribution in [0.5, 0.6) is 5.75 Å². The van der Waals surface area contributed by atoms with Crippen LogP contribution in [0.4, 0.5) is 5.69 Å². The van der Waals surface area contributed by atoms with E-state index in [9.17, 15) is 0 Å². The van der Waals surface area contributed by atoms with Gasteiger partial charge in [0.2, 0.25) is 0 Å². The molecule has 2 rings (SSSR count). The van der Waals surface area contributed by atoms with Crippen molar-refractivity contribution in [2.24, 2.45) is 5.92 Å². The zero-order valence-electron chi connectivity index (χ0n) is 10.8. The second-order valence-corrected chi connectivity index (χ2v) is 6.34. The normalized spacial score (nSPS) is 17.1. The van der Waals surface area contributed by atoms with Gasteiger partial charge in [-0.25, -0.2) is 0 Å². The summed E-state index contributed by atoms with van der Waals surface area (Å²) < 4.78 is 6.29. The van der Waals surface area contributed by atoms with E-state index >= 15 is 0 Å². The molecule has 1 unspecified atom stereocenters. The molecule has 4 heteroatoms. The van der Waals surface area contributed by atoms with Crippen molar-refractivity contribution in [2.45, 2.75) is 38.6 Å². The van der Waals surface area contributed by atoms with E-state index in [2.05, 4.69) is 28.2 Å². The van der Waals surface area contributed by atoms with Gasteiger partial charge in [-0.3, -0.25) is 0 Å². The highest BCUT2D eigenvalue weighted by atomic mass is 79.9. The van der Waals surface area contributed by atoms with Crippen LogP contribution in [0.25, 0.3) is 0 Å². The minimum absolute atomic E-state index is 0.439. The zero-order chi connectivity index (χ0) is 13.1. The zero-order valence-corrected chi connectivity index (χ0v) is 13.1. The molecule has 1 aromatic carbocycles. The first kappa shape index (κ1) is 14.0. The van der Waals surface area contributed by atoms with Gasteiger partial charge < -0.3 is 10.1 Å². The molecule has 0 spiro atoms. The lowest BCUT2D eigenvalue weighted by Gasteiger charge is -2.29. The monoisotopic (exact) mass is 331 g/mol. The van der Waals surface area contributed by atoms with Gasteiger partial charge in [0.1, 0.15) is 0 Å². The van der Waals surface area contributed by atoms with Gasteiger partial charge in [0.25, 0.3) is 0 Å². The van der Waals surface area contributed by atoms with Crippen molar-refractivity contribution < 1.29 is 4.74 Å². The van der Waals surface area contributed by atoms with Crippen molar-refractivity contribution in [1.82, 2.24) is 0 Å². The van der Waals surface area contributed by atoms with Crippen molar-refractivity contribution in [1.29, 1.82) is 0 Å². The van der Waals surface area contributed by atoms with Gasteiger partial charge in [0.15, 0.2) is 5.75 Å². The Morgan fingerprint density at radius 1 is 1.50 bits per heavy atom. The summed E-state index contributed by atoms with van der Waals surface area (Å²) in [4.78, 5) is 0. The Kier molecular flexibility index (Phi) is 4.79. The minimum Gasteiger partial charge on any atom is -0.493 e. The van der Waals surface area contributed by atoms with Crippen molar-refractivity contribution >= 4 is 33.2 Å². The summed E-state index contributed by atoms with van der Waals surface area (Å²) in [5, 5.41) is 4.21. The molecule has 18 heavy (non-hydrogen) atoms. The van der Waals surface area contributed by atoms with Crippen LogP contribution in [-0.4, -0.2) is 13.2 Å². The number of ether oxygens (including phenoxy) is 1. The third kappa shape index (κ3) is 3.33. The summed E-state index contributed by atoms with van der Waals surface area (Å²) in [7, 11) is 1.68. The molecule has 100 valence electrons. The maximum Gasteiger partial charge on any atom is 0.156 e. The quantitative estimate of drug-likeness (QED) is 0.809. The predicted molar refractivity (Wildman–Crippen MR) is 80.7 cm³/mol. The summed E-state index contributed by atoms with van der Waals surface area (Å²) in [5.74, 6) is 1.71. The summed E-state index contributed by atoms with van der Waals surface area (Å²) in [6.07, 6.45) is 5.36. The second kappa shape index (κ2) is 6.16. The van der Waals surface area contributed by atoms with E-state index in [1.165, 1.54) is 25.7 Å². The lowest BCUT2D eigenvalue weighted by atomic mass is 9.81. The summed E-state index contributed by atoms with van der Waals surface area (Å²) >= 11 is 9.56. The van der Waals surface area contributed by atoms with Crippen molar-refractivity contribution in [2.75, 3.05) is 12.4 Å². The van der Waals surface area contributed by atoms with E-state index in [1.807, 2.05) is 12.1 Å². The fourth-order valence-corrected chi connectivity index (χ4v) is 3.40. The van der Waals surface area contributed by atoms with Crippen LogP contribution in [0.15, 0.2) is 16.6 Å². The molecule has 0 aromatic heterocycles. The van der Waals surface area contributed by atoms with Gasteiger partial charge in [-0.2, -0.15) is 0 Å². The molecule has 0 amide bonds. The van der Waals surface area contributed by atoms with Gasteiger partial charge in [0, 0.05) is 11.1 Å². The maximum atomic E-state index is 6.08. The first-order valence-corrected chi connectivity index (χ1v) is 7.57. The molecule has 2 nitrogen and oxygen atoms in total. The number of halogens is 2. The van der Waals surface area contributed by atoms with E-state index in [0.29, 0.717) is 11.1 Å². The molecule has 0 aliphatic heterocycles. The molecular formula is C14H19BrClNO. The van der Waals surface area contributed by atoms with Crippen LogP contribution >= 0.6 is 27.5 Å². The molecule has 0 heterocycles. The summed E-state index contributed by atoms with van der Waals surface area (Å²) in [5.41, 5.74) is 0.962. The van der Waals surface area contributed by atoms with Crippen LogP contribution in [0.3, 0.4) is 0 Å². The number of benzene rings is 1. The number of hydrogen-bond donors (Lipinski definition) is 1. The van der Waals surface area contributed by atoms with Crippen LogP contribution < -0.4 is 10.1 Å². The van der Waals surface area contributed by atoms with Crippen molar-refractivity contribution in [3.8, 4) is 5.75 Å². The molecule has 0 bridgehead atoms. The molecule has 1 fully saturated rings. The molecule has 1 aliphatic carbocycles. The Morgan fingerprint density at radius 3 is 2.78 bits per heavy atom. The number of methoxy groups -OCH3 is 1. The highest BCUT2D eigenvalue weighted by molar-refractivity contribution is 9.10. The smallest absolute Gasteiger partial charge is 0.156 e. The topological polar surface area (TPSA) is 21.3 Å². The van der Waals surface area contributed by atoms with Gasteiger partial charge in [-0.05, 0) is 47.3 Å². The minimum atomic E-state index is 0.439. The standard InChI is InChI=1S/C14H19BrClNO/c1-9(6-10-4-3-5-10)17-13-8-11(16)7-12(15)14(13)18-2/h7-10,17H,3-6H2,1-2H3. The lowest BCUT2D eigenvalue weighted by molar-refractivity contribution is 0.285. The lowest BCUT2D eigenvalue weighted by Crippen LogP contribution is -2.23. The van der Waals surface area contributed by atoms with E-state index in [1.54, 1.807) is 7.11 Å². The van der Waals surface area contributed by atoms with E-state index in [4.69, 9.17) is 16.3 Å². The Hall–Kier alpha value is -0.410. The molecule has 0 radical (unpaired) electrons. The second-order valence-electron chi connectivity index (χ2n) is 5.05. The molecule has 1 aromatic rings. The molecule has 1 aliphatic rings. The van der Waals surface area contributed by atoms with Crippen LogP contribution in [-0.2, 0) is 0 Å². The van der Waals surface area contributed by atoms with Crippen LogP contribution in [0, 0.1) is 5.92 Å². The highest BCUT2D eigenvalue weighted by Gasteiger charge is 2.20. The largest absolute Gasteiger partial charge is 0.493 e. The number of anilines is 1. The SMILES string of the molecule is COc1c(Br)cc(Cl)cc1NC(C)CC1CCC1. The first-order valence-electron chi connectivity index (χ1n) is 6.39. The van der Waals surface area contributed by atoms with Gasteiger partial charge in [0.05, 0.1) is 17.3 Å². The predicted octanol–water partition coefficient (Wildman–Crippen LogP) is 5.10. The summed E-state index contributed by atoms with van der Waals surface area (Å²) in [6, 6.07) is 4.21. The van der Waals surface area contributed by atoms with E-state index in [-0.39, 0.29) is 0 Å². The third-order valence-corrected chi connectivity index (χ3v) is 4.33. The Bertz CT molecular complexity index is 421. The Balaban J connectivity index is 2.06. The van der Waals surface area contributed by atoms with E-state index < -0.39 is 0 Å². The molecular weight excluding hydrogens is 314 g/mol. The summed E-state index contributed by atoms with van der Waals surface area (Å²) in [6.45, 7) is 2.21. The Labute approximate surface area is 122 Å². The van der Waals surface area contributed by atoms with Crippen molar-refractivity contribution in [3.05, 3.63) is 21.6 Å². The fourth-order valence-electron chi connectivity index (χ4n) is 2.43. The van der Waals surface area contributed by atoms with Crippen LogP contribution in [0.2, 0.25) is 5.02 Å². The fraction of sp³-hybridized carbons (Fsp3) is 0.571. The van der Waals surface area contributed by atoms with Crippen molar-refractivity contribution in [3.63, 3.8) is 0 Å². The van der Waals surface area contributed by atoms with E-state index in [0.717, 1.165) is 21.8 Å². The average molecular weight is 333 g/mol. The molecule has 1 saturated carbocycles.